The van der Waals surface area contributed by atoms with Crippen LogP contribution in [0.2, 0.25) is 5.02 Å². The zero-order valence-electron chi connectivity index (χ0n) is 10.5. The van der Waals surface area contributed by atoms with Gasteiger partial charge in [-0.3, -0.25) is 0 Å². The first-order chi connectivity index (χ1) is 8.58. The Balaban J connectivity index is 2.08. The van der Waals surface area contributed by atoms with Crippen molar-refractivity contribution in [1.82, 2.24) is 0 Å². The molecule has 1 saturated carbocycles. The minimum atomic E-state index is -0.981. The van der Waals surface area contributed by atoms with Crippen LogP contribution in [-0.2, 0) is 0 Å². The second-order valence-electron chi connectivity index (χ2n) is 5.00. The van der Waals surface area contributed by atoms with Gasteiger partial charge >= 0.3 is 5.97 Å². The van der Waals surface area contributed by atoms with Gasteiger partial charge in [0, 0.05) is 19.3 Å². The van der Waals surface area contributed by atoms with Crippen LogP contribution in [0.15, 0.2) is 18.2 Å². The summed E-state index contributed by atoms with van der Waals surface area (Å²) in [4.78, 5) is 13.0. The molecule has 1 aliphatic rings. The van der Waals surface area contributed by atoms with Crippen molar-refractivity contribution in [3.8, 4) is 0 Å². The molecule has 1 aromatic carbocycles. The molecule has 0 unspecified atom stereocenters. The predicted molar refractivity (Wildman–Crippen MR) is 73.6 cm³/mol. The van der Waals surface area contributed by atoms with Gasteiger partial charge in [-0.25, -0.2) is 4.79 Å². The molecule has 0 bridgehead atoms. The number of hydrogen-bond acceptors (Lipinski definition) is 2. The van der Waals surface area contributed by atoms with Crippen molar-refractivity contribution in [2.75, 3.05) is 18.5 Å². The summed E-state index contributed by atoms with van der Waals surface area (Å²) in [5.41, 5.74) is 1.14. The Hall–Kier alpha value is -1.22. The van der Waals surface area contributed by atoms with E-state index in [1.54, 1.807) is 12.1 Å². The Labute approximate surface area is 112 Å². The third-order valence-electron chi connectivity index (χ3n) is 3.63. The number of nitrogens with zero attached hydrogens (tertiary/aromatic N) is 1. The zero-order valence-corrected chi connectivity index (χ0v) is 11.3. The largest absolute Gasteiger partial charge is 0.478 e. The van der Waals surface area contributed by atoms with E-state index in [9.17, 15) is 4.79 Å². The van der Waals surface area contributed by atoms with Crippen LogP contribution in [-0.4, -0.2) is 24.7 Å². The Morgan fingerprint density at radius 1 is 1.44 bits per heavy atom. The third kappa shape index (κ3) is 2.96. The van der Waals surface area contributed by atoms with Gasteiger partial charge in [0.2, 0.25) is 0 Å². The number of anilines is 1. The number of benzene rings is 1. The standard InChI is InChI=1S/C14H18ClNO2/c1-16(9-10-4-2-3-5-10)11-6-7-12(14(17)18)13(15)8-11/h6-8,10H,2-5,9H2,1H3,(H,17,18). The van der Waals surface area contributed by atoms with Crippen molar-refractivity contribution in [3.63, 3.8) is 0 Å². The second kappa shape index (κ2) is 5.61. The van der Waals surface area contributed by atoms with E-state index in [0.717, 1.165) is 18.2 Å². The maximum absolute atomic E-state index is 10.9. The number of hydrogen-bond donors (Lipinski definition) is 1. The lowest BCUT2D eigenvalue weighted by Gasteiger charge is -2.23. The molecule has 0 saturated heterocycles. The normalized spacial score (nSPS) is 15.9. The maximum atomic E-state index is 10.9. The van der Waals surface area contributed by atoms with Crippen molar-refractivity contribution in [2.45, 2.75) is 25.7 Å². The lowest BCUT2D eigenvalue weighted by Crippen LogP contribution is -2.24. The van der Waals surface area contributed by atoms with Crippen LogP contribution in [0.4, 0.5) is 5.69 Å². The Bertz CT molecular complexity index is 441. The molecular formula is C14H18ClNO2. The van der Waals surface area contributed by atoms with Crippen LogP contribution in [0, 0.1) is 5.92 Å². The van der Waals surface area contributed by atoms with Crippen LogP contribution >= 0.6 is 11.6 Å². The fourth-order valence-corrected chi connectivity index (χ4v) is 2.86. The molecule has 0 spiro atoms. The van der Waals surface area contributed by atoms with Crippen LogP contribution < -0.4 is 4.90 Å². The minimum absolute atomic E-state index is 0.162. The molecule has 98 valence electrons. The maximum Gasteiger partial charge on any atom is 0.337 e. The van der Waals surface area contributed by atoms with E-state index < -0.39 is 5.97 Å². The van der Waals surface area contributed by atoms with Gasteiger partial charge in [0.05, 0.1) is 10.6 Å². The van der Waals surface area contributed by atoms with Gasteiger partial charge in [0.15, 0.2) is 0 Å². The molecule has 1 fully saturated rings. The predicted octanol–water partition coefficient (Wildman–Crippen LogP) is 3.66. The van der Waals surface area contributed by atoms with E-state index in [1.165, 1.54) is 25.7 Å². The molecule has 3 nitrogen and oxygen atoms in total. The van der Waals surface area contributed by atoms with Crippen LogP contribution in [0.25, 0.3) is 0 Å². The Kier molecular flexibility index (Phi) is 4.12. The third-order valence-corrected chi connectivity index (χ3v) is 3.94. The number of carbonyl (C=O) groups is 1. The van der Waals surface area contributed by atoms with Crippen LogP contribution in [0.1, 0.15) is 36.0 Å². The SMILES string of the molecule is CN(CC1CCCC1)c1ccc(C(=O)O)c(Cl)c1. The first kappa shape index (κ1) is 13.2. The van der Waals surface area contributed by atoms with E-state index in [4.69, 9.17) is 16.7 Å². The molecule has 0 radical (unpaired) electrons. The molecule has 2 rings (SSSR count). The molecule has 0 aromatic heterocycles. The number of halogens is 1. The van der Waals surface area contributed by atoms with Gasteiger partial charge in [-0.15, -0.1) is 0 Å². The molecule has 1 N–H and O–H groups in total. The monoisotopic (exact) mass is 267 g/mol. The van der Waals surface area contributed by atoms with Crippen molar-refractivity contribution < 1.29 is 9.90 Å². The van der Waals surface area contributed by atoms with E-state index in [0.29, 0.717) is 5.02 Å². The number of carboxylic acid groups (broad SMARTS) is 1. The van der Waals surface area contributed by atoms with E-state index in [1.807, 2.05) is 13.1 Å². The van der Waals surface area contributed by atoms with Gasteiger partial charge in [0.25, 0.3) is 0 Å². The molecule has 0 heterocycles. The molecule has 0 amide bonds. The fraction of sp³-hybridized carbons (Fsp3) is 0.500. The molecule has 18 heavy (non-hydrogen) atoms. The van der Waals surface area contributed by atoms with Gasteiger partial charge in [-0.2, -0.15) is 0 Å². The summed E-state index contributed by atoms with van der Waals surface area (Å²) in [6.45, 7) is 1.02. The van der Waals surface area contributed by atoms with Gasteiger partial charge < -0.3 is 10.0 Å². The van der Waals surface area contributed by atoms with Gasteiger partial charge in [-0.1, -0.05) is 24.4 Å². The Morgan fingerprint density at radius 2 is 2.11 bits per heavy atom. The van der Waals surface area contributed by atoms with Crippen molar-refractivity contribution >= 4 is 23.3 Å². The van der Waals surface area contributed by atoms with E-state index in [-0.39, 0.29) is 5.56 Å². The van der Waals surface area contributed by atoms with Crippen LogP contribution in [0.3, 0.4) is 0 Å². The van der Waals surface area contributed by atoms with E-state index >= 15 is 0 Å². The molecular weight excluding hydrogens is 250 g/mol. The summed E-state index contributed by atoms with van der Waals surface area (Å²) < 4.78 is 0. The average molecular weight is 268 g/mol. The van der Waals surface area contributed by atoms with Crippen molar-refractivity contribution in [2.24, 2.45) is 5.92 Å². The fourth-order valence-electron chi connectivity index (χ4n) is 2.60. The molecule has 1 aromatic rings. The Morgan fingerprint density at radius 3 is 2.67 bits per heavy atom. The summed E-state index contributed by atoms with van der Waals surface area (Å²) in [6.07, 6.45) is 5.25. The smallest absolute Gasteiger partial charge is 0.337 e. The minimum Gasteiger partial charge on any atom is -0.478 e. The first-order valence-corrected chi connectivity index (χ1v) is 6.69. The summed E-state index contributed by atoms with van der Waals surface area (Å²) >= 11 is 5.98. The molecule has 0 atom stereocenters. The van der Waals surface area contributed by atoms with Gasteiger partial charge in [0.1, 0.15) is 0 Å². The average Bonchev–Trinajstić information content (AvgIpc) is 2.81. The summed E-state index contributed by atoms with van der Waals surface area (Å²) in [5, 5.41) is 9.23. The summed E-state index contributed by atoms with van der Waals surface area (Å²) in [6, 6.07) is 5.13. The van der Waals surface area contributed by atoms with E-state index in [2.05, 4.69) is 4.90 Å². The highest BCUT2D eigenvalue weighted by Crippen LogP contribution is 2.28. The number of carboxylic acids is 1. The number of aromatic carboxylic acids is 1. The molecule has 1 aliphatic carbocycles. The lowest BCUT2D eigenvalue weighted by molar-refractivity contribution is 0.0697. The molecule has 4 heteroatoms. The summed E-state index contributed by atoms with van der Waals surface area (Å²) in [5.74, 6) is -0.224. The highest BCUT2D eigenvalue weighted by molar-refractivity contribution is 6.33. The zero-order chi connectivity index (χ0) is 13.1. The van der Waals surface area contributed by atoms with Gasteiger partial charge in [-0.05, 0) is 37.0 Å². The second-order valence-corrected chi connectivity index (χ2v) is 5.41. The highest BCUT2D eigenvalue weighted by atomic mass is 35.5. The topological polar surface area (TPSA) is 40.5 Å². The highest BCUT2D eigenvalue weighted by Gasteiger charge is 2.18. The molecule has 0 aliphatic heterocycles. The van der Waals surface area contributed by atoms with Crippen LogP contribution in [0.5, 0.6) is 0 Å². The lowest BCUT2D eigenvalue weighted by atomic mass is 10.1. The van der Waals surface area contributed by atoms with Crippen molar-refractivity contribution in [1.29, 1.82) is 0 Å². The number of rotatable bonds is 4. The quantitative estimate of drug-likeness (QED) is 0.905. The van der Waals surface area contributed by atoms with Crippen molar-refractivity contribution in [3.05, 3.63) is 28.8 Å². The first-order valence-electron chi connectivity index (χ1n) is 6.32. The summed E-state index contributed by atoms with van der Waals surface area (Å²) in [7, 11) is 2.03.